The lowest BCUT2D eigenvalue weighted by Crippen LogP contribution is -2.04. The van der Waals surface area contributed by atoms with Gasteiger partial charge in [0.15, 0.2) is 0 Å². The number of benzene rings is 1. The number of hydrogen-bond donors (Lipinski definition) is 1. The molecule has 0 fully saturated rings. The quantitative estimate of drug-likeness (QED) is 0.805. The Morgan fingerprint density at radius 3 is 2.76 bits per heavy atom. The lowest BCUT2D eigenvalue weighted by atomic mass is 10.1. The van der Waals surface area contributed by atoms with Crippen molar-refractivity contribution in [2.45, 2.75) is 13.0 Å². The number of nitrogens with zero attached hydrogens (tertiary/aromatic N) is 1. The zero-order valence-electron chi connectivity index (χ0n) is 10.2. The third-order valence-electron chi connectivity index (χ3n) is 2.93. The predicted molar refractivity (Wildman–Crippen MR) is 66.9 cm³/mol. The number of methoxy groups -OCH3 is 1. The van der Waals surface area contributed by atoms with Crippen molar-refractivity contribution in [3.8, 4) is 0 Å². The SMILES string of the molecule is COC(=O)c1ccc2c(c1)c(C(C)N)cn2C. The Balaban J connectivity index is 2.66. The van der Waals surface area contributed by atoms with E-state index in [4.69, 9.17) is 10.5 Å². The summed E-state index contributed by atoms with van der Waals surface area (Å²) in [5, 5.41) is 1.01. The molecule has 0 aliphatic heterocycles. The molecule has 1 unspecified atom stereocenters. The van der Waals surface area contributed by atoms with Gasteiger partial charge >= 0.3 is 5.97 Å². The topological polar surface area (TPSA) is 57.2 Å². The van der Waals surface area contributed by atoms with Gasteiger partial charge in [-0.2, -0.15) is 0 Å². The van der Waals surface area contributed by atoms with Gasteiger partial charge in [0.1, 0.15) is 0 Å². The molecule has 0 aliphatic carbocycles. The van der Waals surface area contributed by atoms with E-state index in [1.165, 1.54) is 7.11 Å². The average molecular weight is 232 g/mol. The molecule has 0 saturated heterocycles. The number of ether oxygens (including phenoxy) is 1. The van der Waals surface area contributed by atoms with Crippen molar-refractivity contribution in [3.63, 3.8) is 0 Å². The summed E-state index contributed by atoms with van der Waals surface area (Å²) in [6.45, 7) is 1.93. The molecule has 1 heterocycles. The molecule has 2 N–H and O–H groups in total. The zero-order chi connectivity index (χ0) is 12.6. The minimum absolute atomic E-state index is 0.0633. The lowest BCUT2D eigenvalue weighted by molar-refractivity contribution is 0.0601. The van der Waals surface area contributed by atoms with Crippen molar-refractivity contribution in [2.24, 2.45) is 12.8 Å². The molecule has 17 heavy (non-hydrogen) atoms. The van der Waals surface area contributed by atoms with E-state index in [-0.39, 0.29) is 12.0 Å². The molecule has 0 amide bonds. The Morgan fingerprint density at radius 2 is 2.18 bits per heavy atom. The number of aromatic nitrogens is 1. The van der Waals surface area contributed by atoms with E-state index in [1.807, 2.05) is 36.9 Å². The summed E-state index contributed by atoms with van der Waals surface area (Å²) in [6.07, 6.45) is 2.00. The van der Waals surface area contributed by atoms with E-state index in [9.17, 15) is 4.79 Å². The van der Waals surface area contributed by atoms with Gasteiger partial charge in [-0.05, 0) is 30.7 Å². The number of esters is 1. The molecular weight excluding hydrogens is 216 g/mol. The second kappa shape index (κ2) is 4.22. The van der Waals surface area contributed by atoms with Crippen molar-refractivity contribution in [3.05, 3.63) is 35.5 Å². The van der Waals surface area contributed by atoms with Crippen molar-refractivity contribution in [1.29, 1.82) is 0 Å². The van der Waals surface area contributed by atoms with Crippen LogP contribution in [0.25, 0.3) is 10.9 Å². The normalized spacial score (nSPS) is 12.7. The molecule has 0 bridgehead atoms. The molecule has 0 spiro atoms. The van der Waals surface area contributed by atoms with E-state index < -0.39 is 0 Å². The number of rotatable bonds is 2. The summed E-state index contributed by atoms with van der Waals surface area (Å²) in [7, 11) is 3.34. The van der Waals surface area contributed by atoms with Gasteiger partial charge in [0.2, 0.25) is 0 Å². The summed E-state index contributed by atoms with van der Waals surface area (Å²) in [4.78, 5) is 11.5. The third kappa shape index (κ3) is 1.91. The predicted octanol–water partition coefficient (Wildman–Crippen LogP) is 1.98. The molecule has 0 aliphatic rings. The summed E-state index contributed by atoms with van der Waals surface area (Å²) in [5.41, 5.74) is 8.57. The molecule has 4 heteroatoms. The minimum atomic E-state index is -0.327. The van der Waals surface area contributed by atoms with Crippen LogP contribution < -0.4 is 5.73 Å². The Labute approximate surface area is 100.0 Å². The standard InChI is InChI=1S/C13H16N2O2/c1-8(14)11-7-15(2)12-5-4-9(6-10(11)12)13(16)17-3/h4-8H,14H2,1-3H3. The molecule has 1 aromatic carbocycles. The lowest BCUT2D eigenvalue weighted by Gasteiger charge is -2.04. The first-order valence-electron chi connectivity index (χ1n) is 5.47. The Morgan fingerprint density at radius 1 is 1.47 bits per heavy atom. The van der Waals surface area contributed by atoms with Crippen LogP contribution in [0.1, 0.15) is 28.9 Å². The van der Waals surface area contributed by atoms with Gasteiger partial charge in [-0.1, -0.05) is 0 Å². The maximum Gasteiger partial charge on any atom is 0.337 e. The van der Waals surface area contributed by atoms with Gasteiger partial charge < -0.3 is 15.0 Å². The summed E-state index contributed by atoms with van der Waals surface area (Å²) in [6, 6.07) is 5.44. The number of hydrogen-bond acceptors (Lipinski definition) is 3. The van der Waals surface area contributed by atoms with Crippen molar-refractivity contribution >= 4 is 16.9 Å². The molecule has 2 aromatic rings. The van der Waals surface area contributed by atoms with Crippen LogP contribution in [0.4, 0.5) is 0 Å². The maximum atomic E-state index is 11.5. The van der Waals surface area contributed by atoms with Crippen molar-refractivity contribution in [1.82, 2.24) is 4.57 Å². The fraction of sp³-hybridized carbons (Fsp3) is 0.308. The molecule has 1 aromatic heterocycles. The largest absolute Gasteiger partial charge is 0.465 e. The highest BCUT2D eigenvalue weighted by molar-refractivity contribution is 5.96. The molecule has 1 atom stereocenters. The molecule has 4 nitrogen and oxygen atoms in total. The first-order valence-corrected chi connectivity index (χ1v) is 5.47. The van der Waals surface area contributed by atoms with Crippen molar-refractivity contribution in [2.75, 3.05) is 7.11 Å². The van der Waals surface area contributed by atoms with Gasteiger partial charge in [-0.3, -0.25) is 0 Å². The van der Waals surface area contributed by atoms with Crippen LogP contribution in [0.3, 0.4) is 0 Å². The van der Waals surface area contributed by atoms with Crippen LogP contribution in [-0.2, 0) is 11.8 Å². The highest BCUT2D eigenvalue weighted by Crippen LogP contribution is 2.26. The van der Waals surface area contributed by atoms with Gasteiger partial charge in [-0.15, -0.1) is 0 Å². The number of fused-ring (bicyclic) bond motifs is 1. The van der Waals surface area contributed by atoms with Crippen molar-refractivity contribution < 1.29 is 9.53 Å². The van der Waals surface area contributed by atoms with Crippen LogP contribution in [0.2, 0.25) is 0 Å². The molecular formula is C13H16N2O2. The molecule has 0 saturated carbocycles. The van der Waals surface area contributed by atoms with E-state index in [0.717, 1.165) is 16.5 Å². The monoisotopic (exact) mass is 232 g/mol. The van der Waals surface area contributed by atoms with Gasteiger partial charge in [-0.25, -0.2) is 4.79 Å². The maximum absolute atomic E-state index is 11.5. The molecule has 0 radical (unpaired) electrons. The van der Waals surface area contributed by atoms with E-state index >= 15 is 0 Å². The number of aryl methyl sites for hydroxylation is 1. The zero-order valence-corrected chi connectivity index (χ0v) is 10.2. The first-order chi connectivity index (χ1) is 8.04. The second-order valence-corrected chi connectivity index (χ2v) is 4.21. The molecule has 90 valence electrons. The van der Waals surface area contributed by atoms with Crippen LogP contribution >= 0.6 is 0 Å². The first kappa shape index (κ1) is 11.7. The summed E-state index contributed by atoms with van der Waals surface area (Å²) in [5.74, 6) is -0.327. The van der Waals surface area contributed by atoms with Gasteiger partial charge in [0, 0.05) is 30.2 Å². The van der Waals surface area contributed by atoms with Crippen LogP contribution in [0.5, 0.6) is 0 Å². The van der Waals surface area contributed by atoms with Gasteiger partial charge in [0.05, 0.1) is 12.7 Å². The van der Waals surface area contributed by atoms with Crippen LogP contribution in [-0.4, -0.2) is 17.6 Å². The number of nitrogens with two attached hydrogens (primary N) is 1. The summed E-state index contributed by atoms with van der Waals surface area (Å²) >= 11 is 0. The fourth-order valence-corrected chi connectivity index (χ4v) is 2.03. The number of carbonyl (C=O) groups excluding carboxylic acids is 1. The number of carbonyl (C=O) groups is 1. The van der Waals surface area contributed by atoms with Crippen LogP contribution in [0.15, 0.2) is 24.4 Å². The minimum Gasteiger partial charge on any atom is -0.465 e. The Hall–Kier alpha value is -1.81. The highest BCUT2D eigenvalue weighted by Gasteiger charge is 2.13. The Kier molecular flexibility index (Phi) is 2.90. The third-order valence-corrected chi connectivity index (χ3v) is 2.93. The average Bonchev–Trinajstić information content (AvgIpc) is 2.65. The van der Waals surface area contributed by atoms with E-state index in [0.29, 0.717) is 5.56 Å². The van der Waals surface area contributed by atoms with Gasteiger partial charge in [0.25, 0.3) is 0 Å². The fourth-order valence-electron chi connectivity index (χ4n) is 2.03. The van der Waals surface area contributed by atoms with E-state index in [2.05, 4.69) is 0 Å². The highest BCUT2D eigenvalue weighted by atomic mass is 16.5. The summed E-state index contributed by atoms with van der Waals surface area (Å²) < 4.78 is 6.72. The Bertz CT molecular complexity index is 570. The smallest absolute Gasteiger partial charge is 0.337 e. The van der Waals surface area contributed by atoms with E-state index in [1.54, 1.807) is 6.07 Å². The second-order valence-electron chi connectivity index (χ2n) is 4.21. The van der Waals surface area contributed by atoms with Crippen LogP contribution in [0, 0.1) is 0 Å². The molecule has 2 rings (SSSR count).